The van der Waals surface area contributed by atoms with E-state index >= 15 is 0 Å². The van der Waals surface area contributed by atoms with Gasteiger partial charge in [0, 0.05) is 17.5 Å². The van der Waals surface area contributed by atoms with E-state index in [2.05, 4.69) is 11.4 Å². The first kappa shape index (κ1) is 14.5. The van der Waals surface area contributed by atoms with Crippen LogP contribution in [-0.2, 0) is 6.54 Å². The number of hydrogen-bond donors (Lipinski definition) is 1. The van der Waals surface area contributed by atoms with Gasteiger partial charge < -0.3 is 14.8 Å². The highest BCUT2D eigenvalue weighted by Crippen LogP contribution is 2.36. The number of rotatable bonds is 5. The summed E-state index contributed by atoms with van der Waals surface area (Å²) in [5.74, 6) is 1.22. The summed E-state index contributed by atoms with van der Waals surface area (Å²) in [6, 6.07) is 9.35. The average Bonchev–Trinajstić information content (AvgIpc) is 2.93. The number of anilines is 1. The second-order valence-corrected chi connectivity index (χ2v) is 5.49. The van der Waals surface area contributed by atoms with Gasteiger partial charge in [-0.15, -0.1) is 11.3 Å². The predicted molar refractivity (Wildman–Crippen MR) is 80.9 cm³/mol. The molecule has 0 aliphatic carbocycles. The van der Waals surface area contributed by atoms with E-state index in [1.807, 2.05) is 6.07 Å². The highest BCUT2D eigenvalue weighted by molar-refractivity contribution is 7.12. The second kappa shape index (κ2) is 6.51. The van der Waals surface area contributed by atoms with Gasteiger partial charge in [0.05, 0.1) is 24.9 Å². The fourth-order valence-electron chi connectivity index (χ4n) is 1.71. The van der Waals surface area contributed by atoms with E-state index in [1.54, 1.807) is 32.4 Å². The summed E-state index contributed by atoms with van der Waals surface area (Å²) in [6.07, 6.45) is 0. The second-order valence-electron chi connectivity index (χ2n) is 3.92. The van der Waals surface area contributed by atoms with E-state index in [9.17, 15) is 0 Å². The SMILES string of the molecule is COc1cc(OC)c(NCc2ccc(C#N)s2)cc1Cl. The monoisotopic (exact) mass is 308 g/mol. The average molecular weight is 309 g/mol. The number of methoxy groups -OCH3 is 2. The molecule has 0 radical (unpaired) electrons. The Kier molecular flexibility index (Phi) is 4.72. The molecule has 0 unspecified atom stereocenters. The standard InChI is InChI=1S/C14H13ClN2O2S/c1-18-13-6-14(19-2)12(5-11(13)15)17-8-10-4-3-9(7-16)20-10/h3-6,17H,8H2,1-2H3. The van der Waals surface area contributed by atoms with Crippen LogP contribution < -0.4 is 14.8 Å². The van der Waals surface area contributed by atoms with Gasteiger partial charge >= 0.3 is 0 Å². The van der Waals surface area contributed by atoms with Crippen molar-refractivity contribution in [2.45, 2.75) is 6.54 Å². The van der Waals surface area contributed by atoms with E-state index in [1.165, 1.54) is 11.3 Å². The summed E-state index contributed by atoms with van der Waals surface area (Å²) in [5.41, 5.74) is 0.783. The van der Waals surface area contributed by atoms with Crippen molar-refractivity contribution in [1.29, 1.82) is 5.26 Å². The van der Waals surface area contributed by atoms with Gasteiger partial charge in [0.1, 0.15) is 22.4 Å². The Balaban J connectivity index is 2.16. The molecule has 20 heavy (non-hydrogen) atoms. The van der Waals surface area contributed by atoms with Gasteiger partial charge in [0.2, 0.25) is 0 Å². The van der Waals surface area contributed by atoms with Crippen LogP contribution in [0.1, 0.15) is 9.75 Å². The van der Waals surface area contributed by atoms with Crippen LogP contribution in [0.5, 0.6) is 11.5 Å². The number of hydrogen-bond acceptors (Lipinski definition) is 5. The molecule has 1 aromatic heterocycles. The lowest BCUT2D eigenvalue weighted by Crippen LogP contribution is -2.00. The molecule has 4 nitrogen and oxygen atoms in total. The van der Waals surface area contributed by atoms with Crippen molar-refractivity contribution >= 4 is 28.6 Å². The van der Waals surface area contributed by atoms with Gasteiger partial charge in [-0.25, -0.2) is 0 Å². The van der Waals surface area contributed by atoms with Crippen molar-refractivity contribution < 1.29 is 9.47 Å². The number of benzene rings is 1. The molecule has 2 rings (SSSR count). The molecular formula is C14H13ClN2O2S. The molecule has 0 bridgehead atoms. The van der Waals surface area contributed by atoms with Crippen molar-refractivity contribution in [3.05, 3.63) is 39.0 Å². The maximum absolute atomic E-state index is 8.80. The van der Waals surface area contributed by atoms with E-state index in [-0.39, 0.29) is 0 Å². The van der Waals surface area contributed by atoms with Gasteiger partial charge in [-0.3, -0.25) is 0 Å². The van der Waals surface area contributed by atoms with Crippen molar-refractivity contribution in [2.75, 3.05) is 19.5 Å². The third-order valence-corrected chi connectivity index (χ3v) is 3.98. The Morgan fingerprint density at radius 2 is 2.00 bits per heavy atom. The third-order valence-electron chi connectivity index (χ3n) is 2.70. The van der Waals surface area contributed by atoms with E-state index < -0.39 is 0 Å². The number of halogens is 1. The zero-order valence-electron chi connectivity index (χ0n) is 11.1. The number of ether oxygens (including phenoxy) is 2. The van der Waals surface area contributed by atoms with Crippen LogP contribution in [0, 0.1) is 11.3 Å². The van der Waals surface area contributed by atoms with Crippen molar-refractivity contribution in [2.24, 2.45) is 0 Å². The smallest absolute Gasteiger partial charge is 0.145 e. The summed E-state index contributed by atoms with van der Waals surface area (Å²) in [7, 11) is 3.15. The van der Waals surface area contributed by atoms with Gasteiger partial charge in [-0.1, -0.05) is 11.6 Å². The molecule has 0 saturated heterocycles. The molecule has 0 amide bonds. The van der Waals surface area contributed by atoms with Crippen LogP contribution in [0.3, 0.4) is 0 Å². The normalized spacial score (nSPS) is 9.90. The lowest BCUT2D eigenvalue weighted by atomic mass is 10.2. The summed E-state index contributed by atoms with van der Waals surface area (Å²) in [5, 5.41) is 12.6. The van der Waals surface area contributed by atoms with Gasteiger partial charge in [-0.05, 0) is 18.2 Å². The maximum atomic E-state index is 8.80. The largest absolute Gasteiger partial charge is 0.495 e. The minimum atomic E-state index is 0.514. The zero-order chi connectivity index (χ0) is 14.5. The summed E-state index contributed by atoms with van der Waals surface area (Å²) < 4.78 is 10.5. The summed E-state index contributed by atoms with van der Waals surface area (Å²) >= 11 is 7.56. The van der Waals surface area contributed by atoms with Crippen molar-refractivity contribution in [3.8, 4) is 17.6 Å². The fraction of sp³-hybridized carbons (Fsp3) is 0.214. The highest BCUT2D eigenvalue weighted by atomic mass is 35.5. The predicted octanol–water partition coefficient (Wildman–Crippen LogP) is 3.90. The van der Waals surface area contributed by atoms with E-state index in [0.29, 0.717) is 27.9 Å². The Labute approximate surface area is 126 Å². The molecular weight excluding hydrogens is 296 g/mol. The molecule has 2 aromatic rings. The Morgan fingerprint density at radius 1 is 1.25 bits per heavy atom. The van der Waals surface area contributed by atoms with Crippen LogP contribution in [-0.4, -0.2) is 14.2 Å². The molecule has 0 saturated carbocycles. The Morgan fingerprint density at radius 3 is 2.60 bits per heavy atom. The molecule has 0 aliphatic heterocycles. The van der Waals surface area contributed by atoms with Crippen LogP contribution >= 0.6 is 22.9 Å². The maximum Gasteiger partial charge on any atom is 0.145 e. The molecule has 1 heterocycles. The minimum absolute atomic E-state index is 0.514. The zero-order valence-corrected chi connectivity index (χ0v) is 12.6. The number of thiophene rings is 1. The molecule has 0 fully saturated rings. The number of nitriles is 1. The van der Waals surface area contributed by atoms with Crippen LogP contribution in [0.2, 0.25) is 5.02 Å². The van der Waals surface area contributed by atoms with Gasteiger partial charge in [0.25, 0.3) is 0 Å². The third kappa shape index (κ3) is 3.16. The molecule has 0 spiro atoms. The van der Waals surface area contributed by atoms with Crippen LogP contribution in [0.4, 0.5) is 5.69 Å². The number of nitrogens with one attached hydrogen (secondary N) is 1. The molecule has 6 heteroatoms. The number of nitrogens with zero attached hydrogens (tertiary/aromatic N) is 1. The molecule has 104 valence electrons. The Hall–Kier alpha value is -1.90. The highest BCUT2D eigenvalue weighted by Gasteiger charge is 2.10. The van der Waals surface area contributed by atoms with E-state index in [0.717, 1.165) is 10.6 Å². The molecule has 1 aromatic carbocycles. The fourth-order valence-corrected chi connectivity index (χ4v) is 2.70. The summed E-state index contributed by atoms with van der Waals surface area (Å²) in [6.45, 7) is 0.603. The first-order valence-corrected chi connectivity index (χ1v) is 7.01. The lowest BCUT2D eigenvalue weighted by molar-refractivity contribution is 0.395. The van der Waals surface area contributed by atoms with Gasteiger partial charge in [-0.2, -0.15) is 5.26 Å². The quantitative estimate of drug-likeness (QED) is 0.910. The first-order valence-electron chi connectivity index (χ1n) is 5.82. The molecule has 1 N–H and O–H groups in total. The van der Waals surface area contributed by atoms with Crippen molar-refractivity contribution in [3.63, 3.8) is 0 Å². The van der Waals surface area contributed by atoms with Crippen LogP contribution in [0.15, 0.2) is 24.3 Å². The lowest BCUT2D eigenvalue weighted by Gasteiger charge is -2.13. The Bertz CT molecular complexity index is 649. The minimum Gasteiger partial charge on any atom is -0.495 e. The first-order chi connectivity index (χ1) is 9.67. The topological polar surface area (TPSA) is 54.3 Å². The van der Waals surface area contributed by atoms with Gasteiger partial charge in [0.15, 0.2) is 0 Å². The summed E-state index contributed by atoms with van der Waals surface area (Å²) in [4.78, 5) is 1.76. The van der Waals surface area contributed by atoms with Crippen LogP contribution in [0.25, 0.3) is 0 Å². The molecule has 0 aliphatic rings. The van der Waals surface area contributed by atoms with Crippen molar-refractivity contribution in [1.82, 2.24) is 0 Å². The van der Waals surface area contributed by atoms with E-state index in [4.69, 9.17) is 26.3 Å². The molecule has 0 atom stereocenters.